The number of nitrogen functional groups attached to an aromatic ring is 1. The van der Waals surface area contributed by atoms with E-state index >= 15 is 0 Å². The normalized spacial score (nSPS) is 30.2. The lowest BCUT2D eigenvalue weighted by atomic mass is 9.91. The molecule has 2 aromatic rings. The minimum Gasteiger partial charge on any atom is -0.382 e. The number of hydrogen-bond donors (Lipinski definition) is 1. The zero-order chi connectivity index (χ0) is 14.4. The van der Waals surface area contributed by atoms with Crippen molar-refractivity contribution < 1.29 is 4.74 Å². The van der Waals surface area contributed by atoms with Crippen LogP contribution in [-0.4, -0.2) is 25.6 Å². The Balaban J connectivity index is 2.07. The monoisotopic (exact) mass is 295 g/mol. The van der Waals surface area contributed by atoms with Crippen molar-refractivity contribution in [2.75, 3.05) is 5.73 Å². The summed E-state index contributed by atoms with van der Waals surface area (Å²) in [5.74, 6) is 1.15. The molecule has 1 fully saturated rings. The highest BCUT2D eigenvalue weighted by atomic mass is 35.5. The van der Waals surface area contributed by atoms with Crippen LogP contribution in [-0.2, 0) is 4.74 Å². The van der Waals surface area contributed by atoms with Crippen molar-refractivity contribution >= 4 is 28.6 Å². The largest absolute Gasteiger partial charge is 0.382 e. The van der Waals surface area contributed by atoms with E-state index in [4.69, 9.17) is 22.1 Å². The van der Waals surface area contributed by atoms with Crippen LogP contribution in [0.3, 0.4) is 0 Å². The summed E-state index contributed by atoms with van der Waals surface area (Å²) in [6.07, 6.45) is 2.86. The number of ether oxygens (including phenoxy) is 1. The quantitative estimate of drug-likeness (QED) is 0.862. The fourth-order valence-corrected chi connectivity index (χ4v) is 3.08. The second kappa shape index (κ2) is 4.86. The molecule has 0 amide bonds. The molecule has 0 spiro atoms. The fraction of sp³-hybridized carbons (Fsp3) is 0.615. The van der Waals surface area contributed by atoms with Gasteiger partial charge in [-0.15, -0.1) is 0 Å². The molecule has 1 saturated heterocycles. The van der Waals surface area contributed by atoms with E-state index < -0.39 is 0 Å². The highest BCUT2D eigenvalue weighted by Gasteiger charge is 2.39. The fourth-order valence-electron chi connectivity index (χ4n) is 2.91. The Bertz CT molecular complexity index is 643. The Hall–Kier alpha value is -1.40. The number of aromatic nitrogens is 4. The standard InChI is InChI=1S/C13H18ClN5O/c1-4-8-6(2)7(3)12(20-8)19-5-16-9-10(15)17-13(14)18-11(9)19/h5-8,12H,4H2,1-3H3,(H2,15,17,18)/t6-,7?,8-,12-/m1/s1. The molecular formula is C13H18ClN5O. The Morgan fingerprint density at radius 2 is 2.10 bits per heavy atom. The Morgan fingerprint density at radius 3 is 2.75 bits per heavy atom. The smallest absolute Gasteiger partial charge is 0.226 e. The van der Waals surface area contributed by atoms with Gasteiger partial charge >= 0.3 is 0 Å². The summed E-state index contributed by atoms with van der Waals surface area (Å²) >= 11 is 5.90. The molecule has 108 valence electrons. The number of rotatable bonds is 2. The van der Waals surface area contributed by atoms with Crippen molar-refractivity contribution in [2.45, 2.75) is 39.5 Å². The number of imidazole rings is 1. The van der Waals surface area contributed by atoms with Gasteiger partial charge in [-0.3, -0.25) is 4.57 Å². The summed E-state index contributed by atoms with van der Waals surface area (Å²) in [6, 6.07) is 0. The Morgan fingerprint density at radius 1 is 1.35 bits per heavy atom. The topological polar surface area (TPSA) is 78.9 Å². The van der Waals surface area contributed by atoms with Gasteiger partial charge in [0.15, 0.2) is 11.5 Å². The van der Waals surface area contributed by atoms with E-state index in [1.807, 2.05) is 4.57 Å². The third-order valence-corrected chi connectivity index (χ3v) is 4.45. The van der Waals surface area contributed by atoms with Gasteiger partial charge in [0.25, 0.3) is 0 Å². The predicted molar refractivity (Wildman–Crippen MR) is 77.3 cm³/mol. The first-order chi connectivity index (χ1) is 9.52. The first-order valence-corrected chi connectivity index (χ1v) is 7.21. The molecule has 0 aromatic carbocycles. The van der Waals surface area contributed by atoms with E-state index in [2.05, 4.69) is 35.7 Å². The molecule has 20 heavy (non-hydrogen) atoms. The first kappa shape index (κ1) is 13.6. The summed E-state index contributed by atoms with van der Waals surface area (Å²) in [6.45, 7) is 6.54. The molecule has 1 aliphatic rings. The maximum absolute atomic E-state index is 6.15. The van der Waals surface area contributed by atoms with Crippen molar-refractivity contribution in [1.82, 2.24) is 19.5 Å². The van der Waals surface area contributed by atoms with Crippen LogP contribution in [0.2, 0.25) is 5.28 Å². The number of nitrogens with two attached hydrogens (primary N) is 1. The van der Waals surface area contributed by atoms with Gasteiger partial charge in [0.05, 0.1) is 12.4 Å². The Kier molecular flexibility index (Phi) is 3.30. The van der Waals surface area contributed by atoms with Crippen molar-refractivity contribution in [2.24, 2.45) is 11.8 Å². The number of fused-ring (bicyclic) bond motifs is 1. The lowest BCUT2D eigenvalue weighted by molar-refractivity contribution is -0.0120. The lowest BCUT2D eigenvalue weighted by Gasteiger charge is -2.18. The van der Waals surface area contributed by atoms with E-state index in [1.54, 1.807) is 6.33 Å². The van der Waals surface area contributed by atoms with Crippen LogP contribution in [0.4, 0.5) is 5.82 Å². The van der Waals surface area contributed by atoms with Gasteiger partial charge < -0.3 is 10.5 Å². The van der Waals surface area contributed by atoms with E-state index in [0.717, 1.165) is 6.42 Å². The average Bonchev–Trinajstić information content (AvgIpc) is 2.93. The maximum atomic E-state index is 6.15. The summed E-state index contributed by atoms with van der Waals surface area (Å²) < 4.78 is 8.06. The van der Waals surface area contributed by atoms with Crippen LogP contribution in [0, 0.1) is 11.8 Å². The first-order valence-electron chi connectivity index (χ1n) is 6.84. The number of halogens is 1. The molecule has 2 aromatic heterocycles. The second-order valence-electron chi connectivity index (χ2n) is 5.39. The zero-order valence-corrected chi connectivity index (χ0v) is 12.5. The highest BCUT2D eigenvalue weighted by Crippen LogP contribution is 2.41. The number of hydrogen-bond acceptors (Lipinski definition) is 5. The minimum absolute atomic E-state index is 0.0923. The van der Waals surface area contributed by atoms with Gasteiger partial charge in [0.1, 0.15) is 11.7 Å². The molecule has 2 N–H and O–H groups in total. The molecule has 0 bridgehead atoms. The molecule has 0 radical (unpaired) electrons. The van der Waals surface area contributed by atoms with Crippen LogP contribution < -0.4 is 5.73 Å². The van der Waals surface area contributed by atoms with Gasteiger partial charge in [-0.1, -0.05) is 20.8 Å². The molecule has 1 aliphatic heterocycles. The molecule has 0 saturated carbocycles. The summed E-state index contributed by atoms with van der Waals surface area (Å²) in [4.78, 5) is 12.5. The van der Waals surface area contributed by atoms with Crippen LogP contribution >= 0.6 is 11.6 Å². The van der Waals surface area contributed by atoms with Gasteiger partial charge in [0.2, 0.25) is 5.28 Å². The molecule has 1 unspecified atom stereocenters. The van der Waals surface area contributed by atoms with Gasteiger partial charge in [0, 0.05) is 5.92 Å². The van der Waals surface area contributed by atoms with Crippen molar-refractivity contribution in [3.63, 3.8) is 0 Å². The van der Waals surface area contributed by atoms with Crippen molar-refractivity contribution in [3.8, 4) is 0 Å². The van der Waals surface area contributed by atoms with Crippen molar-refractivity contribution in [3.05, 3.63) is 11.6 Å². The third-order valence-electron chi connectivity index (χ3n) is 4.28. The molecule has 3 rings (SSSR count). The minimum atomic E-state index is -0.0923. The molecule has 7 heteroatoms. The third kappa shape index (κ3) is 1.94. The van der Waals surface area contributed by atoms with E-state index in [1.165, 1.54) is 0 Å². The van der Waals surface area contributed by atoms with E-state index in [-0.39, 0.29) is 17.6 Å². The molecule has 6 nitrogen and oxygen atoms in total. The van der Waals surface area contributed by atoms with Gasteiger partial charge in [-0.05, 0) is 23.9 Å². The summed E-state index contributed by atoms with van der Waals surface area (Å²) in [5.41, 5.74) is 7.03. The van der Waals surface area contributed by atoms with Crippen LogP contribution in [0.5, 0.6) is 0 Å². The Labute approximate surface area is 122 Å². The summed E-state index contributed by atoms with van der Waals surface area (Å²) in [5, 5.41) is 0.127. The maximum Gasteiger partial charge on any atom is 0.226 e. The zero-order valence-electron chi connectivity index (χ0n) is 11.7. The van der Waals surface area contributed by atoms with Crippen LogP contribution in [0.15, 0.2) is 6.33 Å². The SMILES string of the molecule is CC[C@H]1O[C@@H](n2cnc3c(N)nc(Cl)nc32)C(C)[C@H]1C. The predicted octanol–water partition coefficient (Wildman–Crippen LogP) is 2.64. The number of anilines is 1. The van der Waals surface area contributed by atoms with E-state index in [0.29, 0.717) is 28.8 Å². The molecule has 3 heterocycles. The second-order valence-corrected chi connectivity index (χ2v) is 5.73. The number of nitrogens with zero attached hydrogens (tertiary/aromatic N) is 4. The lowest BCUT2D eigenvalue weighted by Crippen LogP contribution is -2.15. The van der Waals surface area contributed by atoms with Crippen LogP contribution in [0.25, 0.3) is 11.2 Å². The van der Waals surface area contributed by atoms with E-state index in [9.17, 15) is 0 Å². The van der Waals surface area contributed by atoms with Gasteiger partial charge in [-0.25, -0.2) is 4.98 Å². The van der Waals surface area contributed by atoms with Crippen molar-refractivity contribution in [1.29, 1.82) is 0 Å². The van der Waals surface area contributed by atoms with Gasteiger partial charge in [-0.2, -0.15) is 9.97 Å². The highest BCUT2D eigenvalue weighted by molar-refractivity contribution is 6.28. The summed E-state index contributed by atoms with van der Waals surface area (Å²) in [7, 11) is 0. The van der Waals surface area contributed by atoms with Crippen LogP contribution in [0.1, 0.15) is 33.4 Å². The average molecular weight is 296 g/mol. The molecule has 0 aliphatic carbocycles. The molecular weight excluding hydrogens is 278 g/mol. The molecule has 4 atom stereocenters.